The van der Waals surface area contributed by atoms with E-state index < -0.39 is 34.4 Å². The fraction of sp³-hybridized carbons (Fsp3) is 0.148. The van der Waals surface area contributed by atoms with Crippen LogP contribution in [-0.4, -0.2) is 23.3 Å². The molecule has 3 heterocycles. The number of likely N-dealkylation sites (N-methyl/N-ethyl adjacent to an activating group) is 1. The van der Waals surface area contributed by atoms with Crippen LogP contribution in [0.4, 0.5) is 14.5 Å². The molecule has 6 rings (SSSR count). The average molecular weight is 472 g/mol. The van der Waals surface area contributed by atoms with E-state index in [1.165, 1.54) is 40.1 Å². The van der Waals surface area contributed by atoms with Gasteiger partial charge in [0.25, 0.3) is 11.8 Å². The second-order valence-electron chi connectivity index (χ2n) is 8.57. The zero-order chi connectivity index (χ0) is 24.5. The smallest absolute Gasteiger partial charge is 0.291 e. The number of anilines is 1. The van der Waals surface area contributed by atoms with Gasteiger partial charge in [-0.15, -0.1) is 0 Å². The Bertz CT molecular complexity index is 1610. The molecule has 0 bridgehead atoms. The van der Waals surface area contributed by atoms with E-state index in [1.807, 2.05) is 0 Å². The second kappa shape index (κ2) is 7.33. The highest BCUT2D eigenvalue weighted by Crippen LogP contribution is 2.52. The molecule has 0 N–H and O–H groups in total. The van der Waals surface area contributed by atoms with Crippen molar-refractivity contribution >= 4 is 28.5 Å². The Morgan fingerprint density at radius 1 is 0.914 bits per heavy atom. The van der Waals surface area contributed by atoms with Crippen molar-refractivity contribution in [2.24, 2.45) is 0 Å². The lowest BCUT2D eigenvalue weighted by molar-refractivity contribution is -0.126. The number of halogens is 2. The Morgan fingerprint density at radius 3 is 2.37 bits per heavy atom. The molecule has 0 radical (unpaired) electrons. The molecular weight excluding hydrogens is 454 g/mol. The zero-order valence-corrected chi connectivity index (χ0v) is 18.5. The Labute approximate surface area is 198 Å². The molecule has 2 aliphatic heterocycles. The van der Waals surface area contributed by atoms with Gasteiger partial charge in [0.05, 0.1) is 16.6 Å². The summed E-state index contributed by atoms with van der Waals surface area (Å²) in [6.45, 7) is 2.03. The number of hydrogen-bond acceptors (Lipinski definition) is 4. The van der Waals surface area contributed by atoms with Gasteiger partial charge < -0.3 is 14.2 Å². The van der Waals surface area contributed by atoms with Crippen LogP contribution in [0, 0.1) is 11.6 Å². The lowest BCUT2D eigenvalue weighted by atomic mass is 9.83. The van der Waals surface area contributed by atoms with Crippen LogP contribution < -0.4 is 10.3 Å². The number of carbonyl (C=O) groups is 2. The Morgan fingerprint density at radius 2 is 1.63 bits per heavy atom. The summed E-state index contributed by atoms with van der Waals surface area (Å²) in [5, 5.41) is -0.0558. The molecular formula is C27H18F2N2O4. The lowest BCUT2D eigenvalue weighted by Gasteiger charge is -2.34. The number of para-hydroxylation sites is 1. The monoisotopic (exact) mass is 472 g/mol. The van der Waals surface area contributed by atoms with Crippen LogP contribution in [0.1, 0.15) is 34.2 Å². The van der Waals surface area contributed by atoms with Crippen molar-refractivity contribution in [1.29, 1.82) is 0 Å². The number of hydrogen-bond donors (Lipinski definition) is 0. The fourth-order valence-electron chi connectivity index (χ4n) is 5.27. The first-order valence-corrected chi connectivity index (χ1v) is 11.1. The van der Waals surface area contributed by atoms with Crippen molar-refractivity contribution in [3.8, 4) is 0 Å². The van der Waals surface area contributed by atoms with Crippen molar-refractivity contribution in [2.75, 3.05) is 11.4 Å². The molecule has 0 aliphatic carbocycles. The number of benzene rings is 3. The highest BCUT2D eigenvalue weighted by atomic mass is 19.1. The molecule has 35 heavy (non-hydrogen) atoms. The molecule has 2 amide bonds. The predicted molar refractivity (Wildman–Crippen MR) is 124 cm³/mol. The van der Waals surface area contributed by atoms with Gasteiger partial charge in [-0.05, 0) is 48.9 Å². The topological polar surface area (TPSA) is 70.8 Å². The molecule has 6 nitrogen and oxygen atoms in total. The van der Waals surface area contributed by atoms with Crippen LogP contribution in [0.25, 0.3) is 11.0 Å². The van der Waals surface area contributed by atoms with Crippen molar-refractivity contribution in [3.63, 3.8) is 0 Å². The maximum Gasteiger partial charge on any atom is 0.291 e. The maximum absolute atomic E-state index is 14.2. The molecule has 4 aromatic rings. The minimum Gasteiger partial charge on any atom is -0.450 e. The number of carbonyl (C=O) groups excluding carboxylic acids is 2. The molecule has 8 heteroatoms. The summed E-state index contributed by atoms with van der Waals surface area (Å²) in [6.07, 6.45) is 0. The van der Waals surface area contributed by atoms with E-state index in [0.717, 1.165) is 12.1 Å². The molecule has 1 atom stereocenters. The van der Waals surface area contributed by atoms with E-state index in [4.69, 9.17) is 4.42 Å². The van der Waals surface area contributed by atoms with Crippen LogP contribution in [0.15, 0.2) is 75.9 Å². The standard InChI is InChI=1S/C27H18F2N2O4/c1-2-30-20-6-4-3-5-19(20)27(26(30)34)22-23(32)18-13-17(29)11-12-21(18)35-24(22)25(33)31(27)14-15-7-9-16(28)10-8-15/h3-13H,2,14H2,1H3. The summed E-state index contributed by atoms with van der Waals surface area (Å²) in [7, 11) is 0. The first-order valence-electron chi connectivity index (χ1n) is 11.1. The van der Waals surface area contributed by atoms with Gasteiger partial charge in [-0.1, -0.05) is 30.3 Å². The highest BCUT2D eigenvalue weighted by molar-refractivity contribution is 6.17. The van der Waals surface area contributed by atoms with Crippen LogP contribution in [0.5, 0.6) is 0 Å². The zero-order valence-electron chi connectivity index (χ0n) is 18.5. The van der Waals surface area contributed by atoms with E-state index in [-0.39, 0.29) is 28.8 Å². The van der Waals surface area contributed by atoms with Gasteiger partial charge in [0.15, 0.2) is 11.0 Å². The third-order valence-electron chi connectivity index (χ3n) is 6.77. The number of fused-ring (bicyclic) bond motifs is 5. The van der Waals surface area contributed by atoms with E-state index in [9.17, 15) is 23.2 Å². The van der Waals surface area contributed by atoms with E-state index in [2.05, 4.69) is 0 Å². The van der Waals surface area contributed by atoms with Crippen molar-refractivity contribution in [2.45, 2.75) is 19.0 Å². The molecule has 1 unspecified atom stereocenters. The Kier molecular flexibility index (Phi) is 4.45. The van der Waals surface area contributed by atoms with Crippen molar-refractivity contribution in [3.05, 3.63) is 111 Å². The van der Waals surface area contributed by atoms with Crippen LogP contribution in [-0.2, 0) is 16.9 Å². The Balaban J connectivity index is 1.71. The molecule has 174 valence electrons. The largest absolute Gasteiger partial charge is 0.450 e. The molecule has 1 aromatic heterocycles. The normalized spacial score (nSPS) is 18.6. The molecule has 0 saturated carbocycles. The number of rotatable bonds is 3. The first-order chi connectivity index (χ1) is 16.9. The summed E-state index contributed by atoms with van der Waals surface area (Å²) in [5.41, 5.74) is -0.918. The average Bonchev–Trinajstić information content (AvgIpc) is 3.25. The van der Waals surface area contributed by atoms with Crippen LogP contribution in [0.3, 0.4) is 0 Å². The first kappa shape index (κ1) is 21.2. The third-order valence-corrected chi connectivity index (χ3v) is 6.77. The minimum atomic E-state index is -1.80. The lowest BCUT2D eigenvalue weighted by Crippen LogP contribution is -2.53. The van der Waals surface area contributed by atoms with Gasteiger partial charge >= 0.3 is 0 Å². The SMILES string of the molecule is CCN1C(=O)C2(c3ccccc31)c1c(oc3ccc(F)cc3c1=O)C(=O)N2Cc1ccc(F)cc1. The van der Waals surface area contributed by atoms with Gasteiger partial charge in [-0.25, -0.2) is 8.78 Å². The van der Waals surface area contributed by atoms with Gasteiger partial charge in [0.1, 0.15) is 17.2 Å². The number of nitrogens with zero attached hydrogens (tertiary/aromatic N) is 2. The predicted octanol–water partition coefficient (Wildman–Crippen LogP) is 4.34. The summed E-state index contributed by atoms with van der Waals surface area (Å²) in [4.78, 5) is 44.6. The van der Waals surface area contributed by atoms with Crippen molar-refractivity contribution in [1.82, 2.24) is 4.90 Å². The summed E-state index contributed by atoms with van der Waals surface area (Å²) in [5.74, 6) is -2.45. The fourth-order valence-corrected chi connectivity index (χ4v) is 5.27. The molecule has 1 spiro atoms. The maximum atomic E-state index is 14.2. The van der Waals surface area contributed by atoms with Crippen LogP contribution >= 0.6 is 0 Å². The highest BCUT2D eigenvalue weighted by Gasteiger charge is 2.64. The van der Waals surface area contributed by atoms with Gasteiger partial charge in [0, 0.05) is 18.7 Å². The molecule has 0 saturated heterocycles. The number of amides is 2. The van der Waals surface area contributed by atoms with E-state index in [0.29, 0.717) is 23.4 Å². The molecule has 2 aliphatic rings. The Hall–Kier alpha value is -4.33. The van der Waals surface area contributed by atoms with Gasteiger partial charge in [-0.2, -0.15) is 0 Å². The van der Waals surface area contributed by atoms with E-state index in [1.54, 1.807) is 31.2 Å². The molecule has 3 aromatic carbocycles. The minimum absolute atomic E-state index is 0.0494. The summed E-state index contributed by atoms with van der Waals surface area (Å²) < 4.78 is 33.5. The quantitative estimate of drug-likeness (QED) is 0.445. The van der Waals surface area contributed by atoms with Gasteiger partial charge in [0.2, 0.25) is 5.76 Å². The van der Waals surface area contributed by atoms with Crippen molar-refractivity contribution < 1.29 is 22.8 Å². The summed E-state index contributed by atoms with van der Waals surface area (Å²) >= 11 is 0. The van der Waals surface area contributed by atoms with Crippen LogP contribution in [0.2, 0.25) is 0 Å². The molecule has 0 fully saturated rings. The summed E-state index contributed by atoms with van der Waals surface area (Å²) in [6, 6.07) is 16.0. The van der Waals surface area contributed by atoms with Gasteiger partial charge in [-0.3, -0.25) is 14.4 Å². The second-order valence-corrected chi connectivity index (χ2v) is 8.57. The third kappa shape index (κ3) is 2.70. The van der Waals surface area contributed by atoms with E-state index >= 15 is 0 Å².